The fourth-order valence-electron chi connectivity index (χ4n) is 4.37. The van der Waals surface area contributed by atoms with Gasteiger partial charge in [-0.15, -0.1) is 0 Å². The lowest BCUT2D eigenvalue weighted by molar-refractivity contribution is -0.137. The Morgan fingerprint density at radius 1 is 1.06 bits per heavy atom. The molecule has 8 heteroatoms. The number of esters is 1. The maximum atomic E-state index is 12.6. The Morgan fingerprint density at radius 3 is 2.55 bits per heavy atom. The summed E-state index contributed by atoms with van der Waals surface area (Å²) in [6, 6.07) is 8.07. The van der Waals surface area contributed by atoms with Crippen molar-refractivity contribution in [1.82, 2.24) is 23.8 Å². The summed E-state index contributed by atoms with van der Waals surface area (Å²) in [5.41, 5.74) is 3.49. The normalized spacial score (nSPS) is 15.5. The zero-order valence-electron chi connectivity index (χ0n) is 19.7. The fourth-order valence-corrected chi connectivity index (χ4v) is 4.37. The van der Waals surface area contributed by atoms with Crippen LogP contribution in [-0.4, -0.2) is 62.7 Å². The van der Waals surface area contributed by atoms with E-state index in [1.54, 1.807) is 0 Å². The number of carbonyl (C=O) groups is 1. The van der Waals surface area contributed by atoms with Crippen LogP contribution >= 0.6 is 0 Å². The first kappa shape index (κ1) is 21.9. The van der Waals surface area contributed by atoms with E-state index >= 15 is 0 Å². The number of imidazole rings is 1. The van der Waals surface area contributed by atoms with E-state index < -0.39 is 0 Å². The molecule has 0 aliphatic carbocycles. The largest absolute Gasteiger partial charge is 0.424 e. The second-order valence-electron chi connectivity index (χ2n) is 9.30. The number of nitrogens with zero attached hydrogens (tertiary/aromatic N) is 5. The average molecular weight is 450 g/mol. The summed E-state index contributed by atoms with van der Waals surface area (Å²) in [6.45, 7) is 13.0. The van der Waals surface area contributed by atoms with Crippen molar-refractivity contribution < 1.29 is 14.3 Å². The van der Waals surface area contributed by atoms with Crippen LogP contribution in [-0.2, 0) is 16.1 Å². The summed E-state index contributed by atoms with van der Waals surface area (Å²) in [5, 5.41) is 0.784. The van der Waals surface area contributed by atoms with Crippen LogP contribution in [0.5, 0.6) is 5.75 Å². The van der Waals surface area contributed by atoms with Crippen LogP contribution in [0.4, 0.5) is 0 Å². The van der Waals surface area contributed by atoms with Gasteiger partial charge >= 0.3 is 5.97 Å². The predicted octanol–water partition coefficient (Wildman–Crippen LogP) is 3.85. The second kappa shape index (κ2) is 8.76. The molecule has 3 aromatic heterocycles. The van der Waals surface area contributed by atoms with Gasteiger partial charge in [-0.05, 0) is 12.1 Å². The zero-order chi connectivity index (χ0) is 23.1. The van der Waals surface area contributed by atoms with Crippen LogP contribution in [0.2, 0.25) is 0 Å². The Hall–Kier alpha value is -2.97. The van der Waals surface area contributed by atoms with Gasteiger partial charge in [0, 0.05) is 38.3 Å². The number of fused-ring (bicyclic) bond motifs is 5. The highest BCUT2D eigenvalue weighted by molar-refractivity contribution is 6.01. The number of ether oxygens (including phenoxy) is 2. The highest BCUT2D eigenvalue weighted by Gasteiger charge is 2.24. The van der Waals surface area contributed by atoms with Gasteiger partial charge in [-0.2, -0.15) is 0 Å². The summed E-state index contributed by atoms with van der Waals surface area (Å²) < 4.78 is 15.6. The van der Waals surface area contributed by atoms with E-state index in [9.17, 15) is 4.79 Å². The average Bonchev–Trinajstić information content (AvgIpc) is 3.36. The van der Waals surface area contributed by atoms with Crippen molar-refractivity contribution in [2.75, 3.05) is 32.8 Å². The van der Waals surface area contributed by atoms with Gasteiger partial charge in [0.05, 0.1) is 30.2 Å². The van der Waals surface area contributed by atoms with Crippen LogP contribution in [0, 0.1) is 5.92 Å². The molecule has 1 saturated heterocycles. The Labute approximate surface area is 193 Å². The number of para-hydroxylation sites is 2. The van der Waals surface area contributed by atoms with Crippen molar-refractivity contribution in [1.29, 1.82) is 0 Å². The predicted molar refractivity (Wildman–Crippen MR) is 128 cm³/mol. The SMILES string of the molecule is CC(C)C(=O)Oc1cn(CCN2CCOCC2)c2nc(C(C)C)n3c4ccccc4nc3c12. The topological polar surface area (TPSA) is 73.9 Å². The van der Waals surface area contributed by atoms with Crippen molar-refractivity contribution in [3.8, 4) is 5.75 Å². The van der Waals surface area contributed by atoms with E-state index in [0.29, 0.717) is 5.75 Å². The highest BCUT2D eigenvalue weighted by Crippen LogP contribution is 2.35. The van der Waals surface area contributed by atoms with Crippen molar-refractivity contribution in [2.24, 2.45) is 5.92 Å². The van der Waals surface area contributed by atoms with Crippen molar-refractivity contribution >= 4 is 33.7 Å². The number of hydrogen-bond donors (Lipinski definition) is 0. The van der Waals surface area contributed by atoms with Crippen molar-refractivity contribution in [2.45, 2.75) is 40.2 Å². The van der Waals surface area contributed by atoms with Gasteiger partial charge in [0.25, 0.3) is 0 Å². The Bertz CT molecular complexity index is 1310. The molecule has 1 fully saturated rings. The third-order valence-corrected chi connectivity index (χ3v) is 6.21. The molecule has 5 rings (SSSR count). The van der Waals surface area contributed by atoms with Gasteiger partial charge < -0.3 is 14.0 Å². The number of morpholine rings is 1. The van der Waals surface area contributed by atoms with Gasteiger partial charge in [0.15, 0.2) is 11.4 Å². The number of rotatable bonds is 6. The molecule has 1 aromatic carbocycles. The summed E-state index contributed by atoms with van der Waals surface area (Å²) >= 11 is 0. The van der Waals surface area contributed by atoms with E-state index in [-0.39, 0.29) is 17.8 Å². The fraction of sp³-hybridized carbons (Fsp3) is 0.480. The zero-order valence-corrected chi connectivity index (χ0v) is 19.7. The molecular formula is C25H31N5O3. The van der Waals surface area contributed by atoms with Crippen molar-refractivity contribution in [3.63, 3.8) is 0 Å². The number of carbonyl (C=O) groups excluding carboxylic acids is 1. The monoisotopic (exact) mass is 449 g/mol. The van der Waals surface area contributed by atoms with Gasteiger partial charge in [-0.3, -0.25) is 14.1 Å². The summed E-state index contributed by atoms with van der Waals surface area (Å²) in [6.07, 6.45) is 1.92. The first-order chi connectivity index (χ1) is 15.9. The molecule has 0 bridgehead atoms. The maximum absolute atomic E-state index is 12.6. The molecule has 8 nitrogen and oxygen atoms in total. The molecule has 4 aromatic rings. The van der Waals surface area contributed by atoms with E-state index in [0.717, 1.165) is 72.9 Å². The minimum Gasteiger partial charge on any atom is -0.424 e. The lowest BCUT2D eigenvalue weighted by atomic mass is 10.2. The third kappa shape index (κ3) is 3.98. The second-order valence-corrected chi connectivity index (χ2v) is 9.30. The van der Waals surface area contributed by atoms with E-state index in [2.05, 4.69) is 33.8 Å². The number of aromatic nitrogens is 4. The minimum atomic E-state index is -0.260. The number of benzene rings is 1. The molecule has 0 spiro atoms. The molecular weight excluding hydrogens is 418 g/mol. The van der Waals surface area contributed by atoms with Crippen LogP contribution in [0.15, 0.2) is 30.5 Å². The van der Waals surface area contributed by atoms with Crippen LogP contribution in [0.3, 0.4) is 0 Å². The summed E-state index contributed by atoms with van der Waals surface area (Å²) in [7, 11) is 0. The van der Waals surface area contributed by atoms with Gasteiger partial charge in [0.1, 0.15) is 16.9 Å². The molecule has 174 valence electrons. The first-order valence-corrected chi connectivity index (χ1v) is 11.8. The molecule has 0 amide bonds. The lowest BCUT2D eigenvalue weighted by Crippen LogP contribution is -2.38. The minimum absolute atomic E-state index is 0.193. The van der Waals surface area contributed by atoms with Gasteiger partial charge in [-0.1, -0.05) is 39.8 Å². The molecule has 1 aliphatic heterocycles. The third-order valence-electron chi connectivity index (χ3n) is 6.21. The first-order valence-electron chi connectivity index (χ1n) is 11.8. The quantitative estimate of drug-likeness (QED) is 0.416. The van der Waals surface area contributed by atoms with Gasteiger partial charge in [-0.25, -0.2) is 9.97 Å². The van der Waals surface area contributed by atoms with E-state index in [1.807, 2.05) is 38.2 Å². The van der Waals surface area contributed by atoms with Crippen LogP contribution in [0.1, 0.15) is 39.4 Å². The van der Waals surface area contributed by atoms with E-state index in [4.69, 9.17) is 19.4 Å². The Morgan fingerprint density at radius 2 is 1.82 bits per heavy atom. The molecule has 0 N–H and O–H groups in total. The molecule has 33 heavy (non-hydrogen) atoms. The number of hydrogen-bond acceptors (Lipinski definition) is 6. The Kier molecular flexibility index (Phi) is 5.80. The summed E-state index contributed by atoms with van der Waals surface area (Å²) in [4.78, 5) is 25.0. The highest BCUT2D eigenvalue weighted by atomic mass is 16.5. The molecule has 1 aliphatic rings. The molecule has 0 atom stereocenters. The molecule has 4 heterocycles. The van der Waals surface area contributed by atoms with E-state index in [1.165, 1.54) is 0 Å². The molecule has 0 saturated carbocycles. The van der Waals surface area contributed by atoms with Gasteiger partial charge in [0.2, 0.25) is 0 Å². The smallest absolute Gasteiger partial charge is 0.313 e. The molecule has 0 radical (unpaired) electrons. The Balaban J connectivity index is 1.70. The lowest BCUT2D eigenvalue weighted by Gasteiger charge is -2.26. The molecule has 0 unspecified atom stereocenters. The standard InChI is InChI=1S/C25H31N5O3/c1-16(2)22-27-23-21(24-26-18-7-5-6-8-19(18)30(22)24)20(33-25(31)17(3)4)15-29(23)10-9-28-11-13-32-14-12-28/h5-8,15-17H,9-14H2,1-4H3. The van der Waals surface area contributed by atoms with Crippen molar-refractivity contribution in [3.05, 3.63) is 36.3 Å². The van der Waals surface area contributed by atoms with Crippen LogP contribution < -0.4 is 4.74 Å². The summed E-state index contributed by atoms with van der Waals surface area (Å²) in [5.74, 6) is 1.17. The van der Waals surface area contributed by atoms with Crippen LogP contribution in [0.25, 0.3) is 27.7 Å². The maximum Gasteiger partial charge on any atom is 0.313 e.